The number of hydrogen-bond donors (Lipinski definition) is 1. The molecular weight excluding hydrogens is 344 g/mol. The van der Waals surface area contributed by atoms with Crippen LogP contribution in [-0.2, 0) is 24.1 Å². The van der Waals surface area contributed by atoms with E-state index >= 15 is 0 Å². The van der Waals surface area contributed by atoms with Crippen LogP contribution in [0.3, 0.4) is 0 Å². The third-order valence-corrected chi connectivity index (χ3v) is 6.05. The summed E-state index contributed by atoms with van der Waals surface area (Å²) in [4.78, 5) is 28.4. The zero-order valence-electron chi connectivity index (χ0n) is 15.7. The standard InChI is InChI=1S/C21H26N2O2S/c1-4-7-19-15(5-2)13-20(26-19)21(25)22-17-9-10-18-16(12-17)8-6-11-23(18)14(3)24/h9-10,12-13H,4-8,11H2,1-3H3,(H,22,25). The van der Waals surface area contributed by atoms with Crippen molar-refractivity contribution in [3.63, 3.8) is 0 Å². The van der Waals surface area contributed by atoms with Gasteiger partial charge in [0.15, 0.2) is 0 Å². The Morgan fingerprint density at radius 2 is 2.04 bits per heavy atom. The highest BCUT2D eigenvalue weighted by Crippen LogP contribution is 2.31. The first-order valence-corrected chi connectivity index (χ1v) is 10.2. The molecular formula is C21H26N2O2S. The molecule has 1 N–H and O–H groups in total. The van der Waals surface area contributed by atoms with Crippen LogP contribution in [-0.4, -0.2) is 18.4 Å². The van der Waals surface area contributed by atoms with Gasteiger partial charge >= 0.3 is 0 Å². The highest BCUT2D eigenvalue weighted by atomic mass is 32.1. The van der Waals surface area contributed by atoms with Crippen molar-refractivity contribution < 1.29 is 9.59 Å². The van der Waals surface area contributed by atoms with E-state index in [9.17, 15) is 9.59 Å². The van der Waals surface area contributed by atoms with Crippen molar-refractivity contribution >= 4 is 34.5 Å². The van der Waals surface area contributed by atoms with E-state index in [0.717, 1.165) is 60.5 Å². The molecule has 138 valence electrons. The van der Waals surface area contributed by atoms with Gasteiger partial charge in [0.05, 0.1) is 4.88 Å². The summed E-state index contributed by atoms with van der Waals surface area (Å²) in [5, 5.41) is 3.03. The molecule has 1 aliphatic rings. The van der Waals surface area contributed by atoms with Crippen molar-refractivity contribution in [2.75, 3.05) is 16.8 Å². The third kappa shape index (κ3) is 3.83. The van der Waals surface area contributed by atoms with Gasteiger partial charge < -0.3 is 10.2 Å². The summed E-state index contributed by atoms with van der Waals surface area (Å²) in [5.41, 5.74) is 4.17. The van der Waals surface area contributed by atoms with E-state index < -0.39 is 0 Å². The summed E-state index contributed by atoms with van der Waals surface area (Å²) in [6.07, 6.45) is 4.96. The predicted molar refractivity (Wildman–Crippen MR) is 108 cm³/mol. The molecule has 0 radical (unpaired) electrons. The summed E-state index contributed by atoms with van der Waals surface area (Å²) in [6.45, 7) is 6.66. The summed E-state index contributed by atoms with van der Waals surface area (Å²) in [7, 11) is 0. The number of anilines is 2. The normalized spacial score (nSPS) is 13.4. The molecule has 5 heteroatoms. The minimum atomic E-state index is -0.0498. The Hall–Kier alpha value is -2.14. The van der Waals surface area contributed by atoms with Crippen LogP contribution in [0.25, 0.3) is 0 Å². The van der Waals surface area contributed by atoms with Crippen LogP contribution in [0, 0.1) is 0 Å². The molecule has 1 aromatic heterocycles. The summed E-state index contributed by atoms with van der Waals surface area (Å²) in [5.74, 6) is 0.0168. The molecule has 0 fully saturated rings. The molecule has 2 aromatic rings. The van der Waals surface area contributed by atoms with Crippen LogP contribution in [0.5, 0.6) is 0 Å². The van der Waals surface area contributed by atoms with Gasteiger partial charge in [0.2, 0.25) is 5.91 Å². The lowest BCUT2D eigenvalue weighted by Crippen LogP contribution is -2.33. The Morgan fingerprint density at radius 3 is 2.73 bits per heavy atom. The molecule has 26 heavy (non-hydrogen) atoms. The molecule has 0 saturated heterocycles. The molecule has 0 atom stereocenters. The number of carbonyl (C=O) groups is 2. The minimum absolute atomic E-state index is 0.0498. The molecule has 0 spiro atoms. The molecule has 2 heterocycles. The molecule has 0 unspecified atom stereocenters. The van der Waals surface area contributed by atoms with Crippen LogP contribution in [0.4, 0.5) is 11.4 Å². The summed E-state index contributed by atoms with van der Waals surface area (Å²) >= 11 is 1.60. The van der Waals surface area contributed by atoms with E-state index in [2.05, 4.69) is 19.2 Å². The molecule has 3 rings (SSSR count). The van der Waals surface area contributed by atoms with Crippen molar-refractivity contribution in [1.29, 1.82) is 0 Å². The second-order valence-corrected chi connectivity index (χ2v) is 7.87. The second kappa shape index (κ2) is 8.04. The van der Waals surface area contributed by atoms with E-state index in [1.165, 1.54) is 10.4 Å². The van der Waals surface area contributed by atoms with Gasteiger partial charge in [-0.25, -0.2) is 0 Å². The van der Waals surface area contributed by atoms with Gasteiger partial charge in [-0.05, 0) is 61.1 Å². The Kier molecular flexibility index (Phi) is 5.77. The average Bonchev–Trinajstić information content (AvgIpc) is 3.04. The molecule has 0 aliphatic carbocycles. The van der Waals surface area contributed by atoms with Crippen molar-refractivity contribution in [3.8, 4) is 0 Å². The highest BCUT2D eigenvalue weighted by molar-refractivity contribution is 7.14. The van der Waals surface area contributed by atoms with Crippen LogP contribution >= 0.6 is 11.3 Å². The van der Waals surface area contributed by atoms with Crippen LogP contribution in [0.15, 0.2) is 24.3 Å². The van der Waals surface area contributed by atoms with Crippen molar-refractivity contribution in [1.82, 2.24) is 0 Å². The lowest BCUT2D eigenvalue weighted by Gasteiger charge is -2.28. The first kappa shape index (κ1) is 18.6. The number of hydrogen-bond acceptors (Lipinski definition) is 3. The fourth-order valence-corrected chi connectivity index (χ4v) is 4.76. The van der Waals surface area contributed by atoms with Gasteiger partial charge in [-0.1, -0.05) is 20.3 Å². The number of nitrogens with zero attached hydrogens (tertiary/aromatic N) is 1. The Labute approximate surface area is 159 Å². The first-order chi connectivity index (χ1) is 12.5. The Balaban J connectivity index is 1.79. The van der Waals surface area contributed by atoms with E-state index in [0.29, 0.717) is 0 Å². The predicted octanol–water partition coefficient (Wildman–Crippen LogP) is 4.81. The smallest absolute Gasteiger partial charge is 0.265 e. The number of aryl methyl sites for hydroxylation is 3. The van der Waals surface area contributed by atoms with Crippen LogP contribution in [0.2, 0.25) is 0 Å². The maximum atomic E-state index is 12.7. The molecule has 0 saturated carbocycles. The number of rotatable bonds is 5. The van der Waals surface area contributed by atoms with Gasteiger partial charge in [0.25, 0.3) is 5.91 Å². The minimum Gasteiger partial charge on any atom is -0.321 e. The monoisotopic (exact) mass is 370 g/mol. The zero-order chi connectivity index (χ0) is 18.7. The number of thiophene rings is 1. The number of fused-ring (bicyclic) bond motifs is 1. The number of benzene rings is 1. The average molecular weight is 371 g/mol. The van der Waals surface area contributed by atoms with Gasteiger partial charge in [-0.3, -0.25) is 9.59 Å². The number of amides is 2. The van der Waals surface area contributed by atoms with Crippen LogP contribution < -0.4 is 10.2 Å². The third-order valence-electron chi connectivity index (χ3n) is 4.81. The van der Waals surface area contributed by atoms with Crippen LogP contribution in [0.1, 0.15) is 59.3 Å². The molecule has 1 aromatic carbocycles. The van der Waals surface area contributed by atoms with Crippen molar-refractivity contribution in [2.24, 2.45) is 0 Å². The topological polar surface area (TPSA) is 49.4 Å². The number of nitrogens with one attached hydrogen (secondary N) is 1. The first-order valence-electron chi connectivity index (χ1n) is 9.37. The fraction of sp³-hybridized carbons (Fsp3) is 0.429. The molecule has 1 aliphatic heterocycles. The van der Waals surface area contributed by atoms with Gasteiger partial charge in [0, 0.05) is 29.7 Å². The quantitative estimate of drug-likeness (QED) is 0.821. The van der Waals surface area contributed by atoms with E-state index in [4.69, 9.17) is 0 Å². The van der Waals surface area contributed by atoms with E-state index in [1.807, 2.05) is 29.2 Å². The van der Waals surface area contributed by atoms with E-state index in [-0.39, 0.29) is 11.8 Å². The Bertz CT molecular complexity index is 825. The maximum absolute atomic E-state index is 12.7. The molecule has 0 bridgehead atoms. The second-order valence-electron chi connectivity index (χ2n) is 6.73. The van der Waals surface area contributed by atoms with Gasteiger partial charge in [-0.2, -0.15) is 0 Å². The van der Waals surface area contributed by atoms with Crippen molar-refractivity contribution in [2.45, 2.75) is 52.9 Å². The molecule has 2 amide bonds. The highest BCUT2D eigenvalue weighted by Gasteiger charge is 2.21. The zero-order valence-corrected chi connectivity index (χ0v) is 16.5. The maximum Gasteiger partial charge on any atom is 0.265 e. The van der Waals surface area contributed by atoms with Gasteiger partial charge in [0.1, 0.15) is 0 Å². The lowest BCUT2D eigenvalue weighted by atomic mass is 10.0. The van der Waals surface area contributed by atoms with Gasteiger partial charge in [-0.15, -0.1) is 11.3 Å². The van der Waals surface area contributed by atoms with E-state index in [1.54, 1.807) is 18.3 Å². The molecule has 4 nitrogen and oxygen atoms in total. The largest absolute Gasteiger partial charge is 0.321 e. The number of carbonyl (C=O) groups excluding carboxylic acids is 2. The summed E-state index contributed by atoms with van der Waals surface area (Å²) in [6, 6.07) is 7.86. The summed E-state index contributed by atoms with van der Waals surface area (Å²) < 4.78 is 0. The SMILES string of the molecule is CCCc1sc(C(=O)Nc2ccc3c(c2)CCCN3C(C)=O)cc1CC. The Morgan fingerprint density at radius 1 is 1.23 bits per heavy atom. The lowest BCUT2D eigenvalue weighted by molar-refractivity contribution is -0.116. The fourth-order valence-electron chi connectivity index (χ4n) is 3.51. The van der Waals surface area contributed by atoms with Crippen molar-refractivity contribution in [3.05, 3.63) is 45.1 Å².